The Balaban J connectivity index is 1.79. The molecular formula is C14H19NO2. The van der Waals surface area contributed by atoms with Crippen LogP contribution in [0.3, 0.4) is 0 Å². The number of hydrogen-bond acceptors (Lipinski definition) is 3. The summed E-state index contributed by atoms with van der Waals surface area (Å²) in [7, 11) is 0. The van der Waals surface area contributed by atoms with Crippen molar-refractivity contribution in [3.63, 3.8) is 0 Å². The smallest absolute Gasteiger partial charge is 0.0720 e. The lowest BCUT2D eigenvalue weighted by molar-refractivity contribution is 0.0277. The molecule has 17 heavy (non-hydrogen) atoms. The standard InChI is InChI=1S/C14H19NO2/c1-11-3-2-4-12(9-11)10-17-14-7-5-13(15-16)6-8-14/h2-4,9,14,16H,5-8,10H2,1H3. The number of aryl methyl sites for hydroxylation is 1. The van der Waals surface area contributed by atoms with Crippen molar-refractivity contribution in [3.05, 3.63) is 35.4 Å². The summed E-state index contributed by atoms with van der Waals surface area (Å²) >= 11 is 0. The van der Waals surface area contributed by atoms with Gasteiger partial charge in [-0.1, -0.05) is 35.0 Å². The van der Waals surface area contributed by atoms with Gasteiger partial charge in [-0.3, -0.25) is 0 Å². The van der Waals surface area contributed by atoms with Crippen molar-refractivity contribution < 1.29 is 9.94 Å². The van der Waals surface area contributed by atoms with E-state index in [1.165, 1.54) is 11.1 Å². The van der Waals surface area contributed by atoms with Crippen molar-refractivity contribution in [2.75, 3.05) is 0 Å². The number of nitrogens with zero attached hydrogens (tertiary/aromatic N) is 1. The first-order valence-electron chi connectivity index (χ1n) is 6.15. The zero-order valence-corrected chi connectivity index (χ0v) is 10.2. The van der Waals surface area contributed by atoms with E-state index in [2.05, 4.69) is 36.3 Å². The van der Waals surface area contributed by atoms with Crippen molar-refractivity contribution in [1.29, 1.82) is 0 Å². The fraction of sp³-hybridized carbons (Fsp3) is 0.500. The highest BCUT2D eigenvalue weighted by atomic mass is 16.5. The van der Waals surface area contributed by atoms with E-state index in [9.17, 15) is 0 Å². The molecule has 1 aliphatic carbocycles. The Kier molecular flexibility index (Phi) is 4.15. The van der Waals surface area contributed by atoms with Crippen molar-refractivity contribution in [3.8, 4) is 0 Å². The predicted octanol–water partition coefficient (Wildman–Crippen LogP) is 3.28. The molecule has 3 nitrogen and oxygen atoms in total. The van der Waals surface area contributed by atoms with Gasteiger partial charge in [-0.2, -0.15) is 0 Å². The summed E-state index contributed by atoms with van der Waals surface area (Å²) in [5, 5.41) is 11.9. The second-order valence-electron chi connectivity index (χ2n) is 4.67. The third-order valence-corrected chi connectivity index (χ3v) is 3.22. The molecule has 0 amide bonds. The first kappa shape index (κ1) is 12.1. The van der Waals surface area contributed by atoms with Gasteiger partial charge in [0, 0.05) is 0 Å². The Bertz CT molecular complexity index is 391. The zero-order valence-electron chi connectivity index (χ0n) is 10.2. The summed E-state index contributed by atoms with van der Waals surface area (Å²) in [5.74, 6) is 0. The Labute approximate surface area is 102 Å². The molecular weight excluding hydrogens is 214 g/mol. The highest BCUT2D eigenvalue weighted by molar-refractivity contribution is 5.84. The molecule has 0 atom stereocenters. The van der Waals surface area contributed by atoms with Crippen LogP contribution in [-0.4, -0.2) is 17.0 Å². The second kappa shape index (κ2) is 5.82. The summed E-state index contributed by atoms with van der Waals surface area (Å²) in [5.41, 5.74) is 3.40. The summed E-state index contributed by atoms with van der Waals surface area (Å²) in [6.07, 6.45) is 3.95. The molecule has 0 radical (unpaired) electrons. The summed E-state index contributed by atoms with van der Waals surface area (Å²) < 4.78 is 5.88. The number of oxime groups is 1. The highest BCUT2D eigenvalue weighted by Crippen LogP contribution is 2.20. The third-order valence-electron chi connectivity index (χ3n) is 3.22. The number of hydrogen-bond donors (Lipinski definition) is 1. The zero-order chi connectivity index (χ0) is 12.1. The number of benzene rings is 1. The SMILES string of the molecule is Cc1cccc(COC2CCC(=NO)CC2)c1. The van der Waals surface area contributed by atoms with Gasteiger partial charge >= 0.3 is 0 Å². The van der Waals surface area contributed by atoms with Gasteiger partial charge in [0.15, 0.2) is 0 Å². The van der Waals surface area contributed by atoms with Crippen molar-refractivity contribution >= 4 is 5.71 Å². The maximum absolute atomic E-state index is 8.66. The highest BCUT2D eigenvalue weighted by Gasteiger charge is 2.18. The van der Waals surface area contributed by atoms with Crippen molar-refractivity contribution in [2.24, 2.45) is 5.16 Å². The van der Waals surface area contributed by atoms with Crippen molar-refractivity contribution in [1.82, 2.24) is 0 Å². The van der Waals surface area contributed by atoms with Gasteiger partial charge in [-0.15, -0.1) is 0 Å². The molecule has 1 N–H and O–H groups in total. The van der Waals surface area contributed by atoms with Gasteiger partial charge in [-0.25, -0.2) is 0 Å². The lowest BCUT2D eigenvalue weighted by atomic mass is 9.96. The van der Waals surface area contributed by atoms with Gasteiger partial charge in [0.2, 0.25) is 0 Å². The lowest BCUT2D eigenvalue weighted by Gasteiger charge is -2.22. The average molecular weight is 233 g/mol. The maximum Gasteiger partial charge on any atom is 0.0720 e. The molecule has 0 aliphatic heterocycles. The monoisotopic (exact) mass is 233 g/mol. The van der Waals surface area contributed by atoms with Gasteiger partial charge in [0.1, 0.15) is 0 Å². The van der Waals surface area contributed by atoms with Crippen LogP contribution in [0.2, 0.25) is 0 Å². The van der Waals surface area contributed by atoms with Crippen LogP contribution in [0.5, 0.6) is 0 Å². The van der Waals surface area contributed by atoms with Crippen molar-refractivity contribution in [2.45, 2.75) is 45.3 Å². The van der Waals surface area contributed by atoms with Crippen LogP contribution in [0.4, 0.5) is 0 Å². The summed E-state index contributed by atoms with van der Waals surface area (Å²) in [4.78, 5) is 0. The van der Waals surface area contributed by atoms with Crippen LogP contribution in [-0.2, 0) is 11.3 Å². The van der Waals surface area contributed by atoms with E-state index in [1.807, 2.05) is 0 Å². The largest absolute Gasteiger partial charge is 0.411 e. The Hall–Kier alpha value is -1.35. The first-order valence-corrected chi connectivity index (χ1v) is 6.15. The molecule has 3 heteroatoms. The van der Waals surface area contributed by atoms with Crippen LogP contribution in [0.15, 0.2) is 29.4 Å². The Morgan fingerprint density at radius 1 is 1.35 bits per heavy atom. The molecule has 0 heterocycles. The third kappa shape index (κ3) is 3.56. The quantitative estimate of drug-likeness (QED) is 0.643. The molecule has 1 saturated carbocycles. The predicted molar refractivity (Wildman–Crippen MR) is 67.4 cm³/mol. The van der Waals surface area contributed by atoms with Gasteiger partial charge in [0.05, 0.1) is 18.4 Å². The minimum absolute atomic E-state index is 0.306. The minimum Gasteiger partial charge on any atom is -0.411 e. The van der Waals surface area contributed by atoms with E-state index in [4.69, 9.17) is 9.94 Å². The Morgan fingerprint density at radius 3 is 2.76 bits per heavy atom. The van der Waals surface area contributed by atoms with Gasteiger partial charge in [-0.05, 0) is 38.2 Å². The molecule has 0 saturated heterocycles. The molecule has 1 fully saturated rings. The first-order chi connectivity index (χ1) is 8.28. The molecule has 92 valence electrons. The number of ether oxygens (including phenoxy) is 1. The van der Waals surface area contributed by atoms with E-state index in [0.717, 1.165) is 31.4 Å². The normalized spacial score (nSPS) is 20.3. The van der Waals surface area contributed by atoms with E-state index in [-0.39, 0.29) is 0 Å². The van der Waals surface area contributed by atoms with Crippen LogP contribution >= 0.6 is 0 Å². The molecule has 0 aromatic heterocycles. The summed E-state index contributed by atoms with van der Waals surface area (Å²) in [6.45, 7) is 2.77. The van der Waals surface area contributed by atoms with Crippen LogP contribution in [0.25, 0.3) is 0 Å². The Morgan fingerprint density at radius 2 is 2.12 bits per heavy atom. The van der Waals surface area contributed by atoms with E-state index in [1.54, 1.807) is 0 Å². The number of rotatable bonds is 3. The maximum atomic E-state index is 8.66. The molecule has 0 bridgehead atoms. The second-order valence-corrected chi connectivity index (χ2v) is 4.67. The lowest BCUT2D eigenvalue weighted by Crippen LogP contribution is -2.21. The molecule has 2 rings (SSSR count). The fourth-order valence-corrected chi connectivity index (χ4v) is 2.21. The topological polar surface area (TPSA) is 41.8 Å². The van der Waals surface area contributed by atoms with E-state index >= 15 is 0 Å². The van der Waals surface area contributed by atoms with Gasteiger partial charge < -0.3 is 9.94 Å². The molecule has 0 unspecified atom stereocenters. The van der Waals surface area contributed by atoms with E-state index in [0.29, 0.717) is 12.7 Å². The summed E-state index contributed by atoms with van der Waals surface area (Å²) in [6, 6.07) is 8.40. The van der Waals surface area contributed by atoms with Crippen LogP contribution < -0.4 is 0 Å². The molecule has 0 spiro atoms. The average Bonchev–Trinajstić information content (AvgIpc) is 2.37. The fourth-order valence-electron chi connectivity index (χ4n) is 2.21. The van der Waals surface area contributed by atoms with Crippen LogP contribution in [0, 0.1) is 6.92 Å². The molecule has 1 aliphatic rings. The van der Waals surface area contributed by atoms with E-state index < -0.39 is 0 Å². The molecule has 1 aromatic carbocycles. The van der Waals surface area contributed by atoms with Crippen LogP contribution in [0.1, 0.15) is 36.8 Å². The van der Waals surface area contributed by atoms with Gasteiger partial charge in [0.25, 0.3) is 0 Å². The minimum atomic E-state index is 0.306. The molecule has 1 aromatic rings.